The summed E-state index contributed by atoms with van der Waals surface area (Å²) in [7, 11) is 0. The van der Waals surface area contributed by atoms with Crippen molar-refractivity contribution in [3.8, 4) is 0 Å². The molecule has 0 heterocycles. The molecule has 0 aromatic carbocycles. The molecule has 0 fully saturated rings. The molecule has 0 aliphatic rings. The molecular formula is C12H25N3O3S. The van der Waals surface area contributed by atoms with E-state index in [1.54, 1.807) is 11.8 Å². The molecule has 0 spiro atoms. The second-order valence-corrected chi connectivity index (χ2v) is 6.12. The van der Waals surface area contributed by atoms with Gasteiger partial charge in [0.05, 0.1) is 0 Å². The Balaban J connectivity index is 3.95. The second kappa shape index (κ2) is 10.1. The summed E-state index contributed by atoms with van der Waals surface area (Å²) in [5, 5.41) is 9.68. The highest BCUT2D eigenvalue weighted by molar-refractivity contribution is 7.99. The van der Waals surface area contributed by atoms with Crippen molar-refractivity contribution in [2.24, 2.45) is 11.7 Å². The van der Waals surface area contributed by atoms with Crippen molar-refractivity contribution in [2.45, 2.75) is 45.8 Å². The van der Waals surface area contributed by atoms with Gasteiger partial charge in [0.15, 0.2) is 0 Å². The molecule has 19 heavy (non-hydrogen) atoms. The summed E-state index contributed by atoms with van der Waals surface area (Å²) in [6.07, 6.45) is -0.445. The molecule has 0 aliphatic carbocycles. The largest absolute Gasteiger partial charge is 0.382 e. The van der Waals surface area contributed by atoms with Gasteiger partial charge in [-0.05, 0) is 23.8 Å². The summed E-state index contributed by atoms with van der Waals surface area (Å²) in [6, 6.07) is -0.624. The number of aliphatic hydroxyl groups is 1. The lowest BCUT2D eigenvalue weighted by atomic mass is 10.1. The van der Waals surface area contributed by atoms with E-state index in [1.807, 2.05) is 20.8 Å². The first-order valence-corrected chi connectivity index (χ1v) is 7.64. The molecule has 5 N–H and O–H groups in total. The second-order valence-electron chi connectivity index (χ2n) is 4.73. The quantitative estimate of drug-likeness (QED) is 0.372. The maximum atomic E-state index is 11.5. The number of nitrogens with one attached hydrogen (secondary N) is 2. The third kappa shape index (κ3) is 8.85. The molecule has 112 valence electrons. The van der Waals surface area contributed by atoms with Gasteiger partial charge in [0.1, 0.15) is 6.10 Å². The monoisotopic (exact) mass is 291 g/mol. The Morgan fingerprint density at radius 2 is 1.95 bits per heavy atom. The Morgan fingerprint density at radius 3 is 2.47 bits per heavy atom. The summed E-state index contributed by atoms with van der Waals surface area (Å²) >= 11 is 1.70. The lowest BCUT2D eigenvalue weighted by Gasteiger charge is -2.18. The van der Waals surface area contributed by atoms with Gasteiger partial charge in [0.2, 0.25) is 5.91 Å². The Hall–Kier alpha value is -0.790. The van der Waals surface area contributed by atoms with Gasteiger partial charge in [-0.15, -0.1) is 0 Å². The Bertz CT molecular complexity index is 287. The fraction of sp³-hybridized carbons (Fsp3) is 0.833. The van der Waals surface area contributed by atoms with Gasteiger partial charge in [-0.3, -0.25) is 20.4 Å². The fourth-order valence-electron chi connectivity index (χ4n) is 1.34. The van der Waals surface area contributed by atoms with Gasteiger partial charge < -0.3 is 10.8 Å². The fourth-order valence-corrected chi connectivity index (χ4v) is 2.07. The number of carbonyl (C=O) groups excluding carboxylic acids is 2. The highest BCUT2D eigenvalue weighted by Gasteiger charge is 2.22. The van der Waals surface area contributed by atoms with Crippen molar-refractivity contribution in [1.29, 1.82) is 0 Å². The van der Waals surface area contributed by atoms with Crippen LogP contribution in [0.5, 0.6) is 0 Å². The van der Waals surface area contributed by atoms with Gasteiger partial charge in [0.25, 0.3) is 5.91 Å². The number of thioether (sulfide) groups is 1. The van der Waals surface area contributed by atoms with Crippen LogP contribution in [-0.4, -0.2) is 40.6 Å². The number of hydrazine groups is 1. The van der Waals surface area contributed by atoms with Crippen LogP contribution in [0, 0.1) is 5.92 Å². The van der Waals surface area contributed by atoms with E-state index in [4.69, 9.17) is 5.73 Å². The predicted octanol–water partition coefficient (Wildman–Crippen LogP) is 0.0113. The Morgan fingerprint density at radius 1 is 1.32 bits per heavy atom. The zero-order valence-electron chi connectivity index (χ0n) is 11.8. The molecule has 0 aliphatic heterocycles. The van der Waals surface area contributed by atoms with Crippen LogP contribution in [0.25, 0.3) is 0 Å². The minimum Gasteiger partial charge on any atom is -0.382 e. The third-order valence-electron chi connectivity index (χ3n) is 2.39. The van der Waals surface area contributed by atoms with Gasteiger partial charge in [-0.1, -0.05) is 20.8 Å². The highest BCUT2D eigenvalue weighted by atomic mass is 32.2. The van der Waals surface area contributed by atoms with Crippen LogP contribution in [0.4, 0.5) is 0 Å². The van der Waals surface area contributed by atoms with Gasteiger partial charge in [-0.2, -0.15) is 11.8 Å². The van der Waals surface area contributed by atoms with Crippen LogP contribution in [0.3, 0.4) is 0 Å². The SMILES string of the molecule is CCSCCC(N)C(O)C(=O)NNC(=O)CC(C)C. The molecule has 0 saturated heterocycles. The summed E-state index contributed by atoms with van der Waals surface area (Å²) < 4.78 is 0. The topological polar surface area (TPSA) is 104 Å². The molecule has 2 amide bonds. The first-order valence-electron chi connectivity index (χ1n) is 6.48. The van der Waals surface area contributed by atoms with Gasteiger partial charge in [0, 0.05) is 12.5 Å². The van der Waals surface area contributed by atoms with Crippen molar-refractivity contribution in [2.75, 3.05) is 11.5 Å². The number of rotatable bonds is 8. The molecule has 6 nitrogen and oxygen atoms in total. The lowest BCUT2D eigenvalue weighted by Crippen LogP contribution is -2.52. The number of hydrogen-bond acceptors (Lipinski definition) is 5. The molecule has 0 rings (SSSR count). The lowest BCUT2D eigenvalue weighted by molar-refractivity contribution is -0.135. The van der Waals surface area contributed by atoms with E-state index in [2.05, 4.69) is 10.9 Å². The van der Waals surface area contributed by atoms with Crippen LogP contribution >= 0.6 is 11.8 Å². The number of amides is 2. The van der Waals surface area contributed by atoms with Gasteiger partial charge >= 0.3 is 0 Å². The molecular weight excluding hydrogens is 266 g/mol. The van der Waals surface area contributed by atoms with Crippen molar-refractivity contribution >= 4 is 23.6 Å². The van der Waals surface area contributed by atoms with Gasteiger partial charge in [-0.25, -0.2) is 0 Å². The molecule has 7 heteroatoms. The highest BCUT2D eigenvalue weighted by Crippen LogP contribution is 2.05. The van der Waals surface area contributed by atoms with Crippen molar-refractivity contribution in [1.82, 2.24) is 10.9 Å². The molecule has 0 radical (unpaired) electrons. The maximum absolute atomic E-state index is 11.5. The van der Waals surface area contributed by atoms with E-state index in [9.17, 15) is 14.7 Å². The van der Waals surface area contributed by atoms with Crippen molar-refractivity contribution in [3.05, 3.63) is 0 Å². The van der Waals surface area contributed by atoms with Crippen LogP contribution in [0.2, 0.25) is 0 Å². The average Bonchev–Trinajstić information content (AvgIpc) is 2.34. The summed E-state index contributed by atoms with van der Waals surface area (Å²) in [4.78, 5) is 22.9. The number of nitrogens with two attached hydrogens (primary N) is 1. The minimum atomic E-state index is -1.31. The normalized spacial score (nSPS) is 14.0. The predicted molar refractivity (Wildman–Crippen MR) is 77.3 cm³/mol. The zero-order chi connectivity index (χ0) is 14.8. The average molecular weight is 291 g/mol. The summed E-state index contributed by atoms with van der Waals surface area (Å²) in [6.45, 7) is 5.83. The first-order chi connectivity index (χ1) is 8.88. The number of hydrogen-bond donors (Lipinski definition) is 4. The summed E-state index contributed by atoms with van der Waals surface area (Å²) in [5.74, 6) is 1.01. The van der Waals surface area contributed by atoms with E-state index in [0.717, 1.165) is 11.5 Å². The number of aliphatic hydroxyl groups excluding tert-OH is 1. The van der Waals surface area contributed by atoms with Crippen molar-refractivity contribution in [3.63, 3.8) is 0 Å². The van der Waals surface area contributed by atoms with E-state index < -0.39 is 18.1 Å². The number of carbonyl (C=O) groups is 2. The smallest absolute Gasteiger partial charge is 0.268 e. The molecule has 2 atom stereocenters. The first kappa shape index (κ1) is 18.2. The van der Waals surface area contributed by atoms with Crippen molar-refractivity contribution < 1.29 is 14.7 Å². The zero-order valence-corrected chi connectivity index (χ0v) is 12.6. The van der Waals surface area contributed by atoms with Crippen LogP contribution in [-0.2, 0) is 9.59 Å². The van der Waals surface area contributed by atoms with Crippen LogP contribution < -0.4 is 16.6 Å². The molecule has 0 aromatic heterocycles. The summed E-state index contributed by atoms with van der Waals surface area (Å²) in [5.41, 5.74) is 10.2. The van der Waals surface area contributed by atoms with E-state index in [-0.39, 0.29) is 11.8 Å². The van der Waals surface area contributed by atoms with E-state index in [1.165, 1.54) is 0 Å². The molecule has 0 aromatic rings. The minimum absolute atomic E-state index is 0.204. The van der Waals surface area contributed by atoms with E-state index in [0.29, 0.717) is 12.8 Å². The Labute approximate surface area is 118 Å². The standard InChI is InChI=1S/C12H25N3O3S/c1-4-19-6-5-9(13)11(17)12(18)15-14-10(16)7-8(2)3/h8-9,11,17H,4-7,13H2,1-3H3,(H,14,16)(H,15,18). The molecule has 2 unspecified atom stereocenters. The molecule has 0 bridgehead atoms. The van der Waals surface area contributed by atoms with E-state index >= 15 is 0 Å². The molecule has 0 saturated carbocycles. The maximum Gasteiger partial charge on any atom is 0.268 e. The van der Waals surface area contributed by atoms with Crippen LogP contribution in [0.1, 0.15) is 33.6 Å². The van der Waals surface area contributed by atoms with Crippen LogP contribution in [0.15, 0.2) is 0 Å². The Kier molecular flexibility index (Phi) is 9.63. The third-order valence-corrected chi connectivity index (χ3v) is 3.33.